The SMILES string of the molecule is Cc1cc(Br)cnc1N1CCC(Br)CC1. The number of aromatic nitrogens is 1. The summed E-state index contributed by atoms with van der Waals surface area (Å²) < 4.78 is 1.05. The van der Waals surface area contributed by atoms with Crippen LogP contribution in [0.3, 0.4) is 0 Å². The largest absolute Gasteiger partial charge is 0.356 e. The van der Waals surface area contributed by atoms with Crippen LogP contribution in [0.25, 0.3) is 0 Å². The first-order chi connectivity index (χ1) is 7.16. The van der Waals surface area contributed by atoms with Crippen LogP contribution in [-0.2, 0) is 0 Å². The fourth-order valence-electron chi connectivity index (χ4n) is 1.92. The van der Waals surface area contributed by atoms with E-state index in [-0.39, 0.29) is 0 Å². The monoisotopic (exact) mass is 332 g/mol. The lowest BCUT2D eigenvalue weighted by atomic mass is 10.1. The quantitative estimate of drug-likeness (QED) is 0.731. The molecule has 2 rings (SSSR count). The van der Waals surface area contributed by atoms with E-state index in [4.69, 9.17) is 0 Å². The normalized spacial score (nSPS) is 18.2. The highest BCUT2D eigenvalue weighted by Crippen LogP contribution is 2.25. The number of rotatable bonds is 1. The highest BCUT2D eigenvalue weighted by atomic mass is 79.9. The van der Waals surface area contributed by atoms with E-state index in [0.717, 1.165) is 23.4 Å². The standard InChI is InChI=1S/C11H14Br2N2/c1-8-6-10(13)7-14-11(8)15-4-2-9(12)3-5-15/h6-7,9H,2-5H2,1H3. The highest BCUT2D eigenvalue weighted by molar-refractivity contribution is 9.10. The third-order valence-electron chi connectivity index (χ3n) is 2.74. The van der Waals surface area contributed by atoms with Crippen molar-refractivity contribution in [3.8, 4) is 0 Å². The second kappa shape index (κ2) is 4.83. The average Bonchev–Trinajstić information content (AvgIpc) is 2.20. The van der Waals surface area contributed by atoms with E-state index < -0.39 is 0 Å². The van der Waals surface area contributed by atoms with Crippen molar-refractivity contribution in [3.63, 3.8) is 0 Å². The molecule has 0 radical (unpaired) electrons. The first kappa shape index (κ1) is 11.4. The van der Waals surface area contributed by atoms with Gasteiger partial charge in [-0.25, -0.2) is 4.98 Å². The number of anilines is 1. The molecule has 1 aliphatic rings. The van der Waals surface area contributed by atoms with Crippen molar-refractivity contribution in [3.05, 3.63) is 22.3 Å². The smallest absolute Gasteiger partial charge is 0.131 e. The summed E-state index contributed by atoms with van der Waals surface area (Å²) in [7, 11) is 0. The van der Waals surface area contributed by atoms with E-state index in [2.05, 4.69) is 54.7 Å². The number of hydrogen-bond donors (Lipinski definition) is 0. The summed E-state index contributed by atoms with van der Waals surface area (Å²) in [6.45, 7) is 4.32. The number of hydrogen-bond acceptors (Lipinski definition) is 2. The molecule has 1 aromatic heterocycles. The maximum Gasteiger partial charge on any atom is 0.131 e. The Morgan fingerprint density at radius 2 is 2.07 bits per heavy atom. The molecule has 15 heavy (non-hydrogen) atoms. The summed E-state index contributed by atoms with van der Waals surface area (Å²) in [6, 6.07) is 2.13. The Hall–Kier alpha value is -0.0900. The summed E-state index contributed by atoms with van der Waals surface area (Å²) in [5, 5.41) is 0. The van der Waals surface area contributed by atoms with E-state index in [1.165, 1.54) is 18.4 Å². The van der Waals surface area contributed by atoms with Gasteiger partial charge in [0, 0.05) is 28.6 Å². The van der Waals surface area contributed by atoms with Crippen LogP contribution in [-0.4, -0.2) is 22.9 Å². The van der Waals surface area contributed by atoms with Gasteiger partial charge < -0.3 is 4.90 Å². The van der Waals surface area contributed by atoms with Crippen LogP contribution in [0.4, 0.5) is 5.82 Å². The van der Waals surface area contributed by atoms with Gasteiger partial charge in [-0.2, -0.15) is 0 Å². The molecule has 4 heteroatoms. The van der Waals surface area contributed by atoms with Crippen LogP contribution in [0.5, 0.6) is 0 Å². The molecule has 0 bridgehead atoms. The van der Waals surface area contributed by atoms with Crippen LogP contribution in [0, 0.1) is 6.92 Å². The molecule has 0 spiro atoms. The Morgan fingerprint density at radius 1 is 1.40 bits per heavy atom. The van der Waals surface area contributed by atoms with Crippen LogP contribution in [0.15, 0.2) is 16.7 Å². The van der Waals surface area contributed by atoms with Gasteiger partial charge in [-0.05, 0) is 47.3 Å². The molecule has 1 saturated heterocycles. The van der Waals surface area contributed by atoms with Gasteiger partial charge >= 0.3 is 0 Å². The number of alkyl halides is 1. The minimum absolute atomic E-state index is 0.685. The van der Waals surface area contributed by atoms with Crippen LogP contribution in [0.2, 0.25) is 0 Å². The molecule has 0 amide bonds. The van der Waals surface area contributed by atoms with E-state index in [9.17, 15) is 0 Å². The Balaban J connectivity index is 2.15. The molecule has 0 aliphatic carbocycles. The summed E-state index contributed by atoms with van der Waals surface area (Å²) in [5.74, 6) is 1.14. The van der Waals surface area contributed by atoms with E-state index >= 15 is 0 Å². The lowest BCUT2D eigenvalue weighted by molar-refractivity contribution is 0.591. The van der Waals surface area contributed by atoms with Crippen molar-refractivity contribution in [1.82, 2.24) is 4.98 Å². The Bertz CT molecular complexity index is 346. The molecule has 0 unspecified atom stereocenters. The minimum atomic E-state index is 0.685. The molecule has 0 aromatic carbocycles. The molecule has 82 valence electrons. The van der Waals surface area contributed by atoms with Crippen molar-refractivity contribution < 1.29 is 0 Å². The molecule has 0 saturated carbocycles. The number of piperidine rings is 1. The van der Waals surface area contributed by atoms with Crippen LogP contribution >= 0.6 is 31.9 Å². The zero-order valence-electron chi connectivity index (χ0n) is 8.71. The topological polar surface area (TPSA) is 16.1 Å². The van der Waals surface area contributed by atoms with Gasteiger partial charge in [0.2, 0.25) is 0 Å². The van der Waals surface area contributed by atoms with Gasteiger partial charge in [-0.1, -0.05) is 15.9 Å². The Morgan fingerprint density at radius 3 is 2.67 bits per heavy atom. The number of nitrogens with zero attached hydrogens (tertiary/aromatic N) is 2. The van der Waals surface area contributed by atoms with Crippen LogP contribution < -0.4 is 4.90 Å². The Kier molecular flexibility index (Phi) is 3.67. The predicted octanol–water partition coefficient (Wildman–Crippen LogP) is 3.52. The summed E-state index contributed by atoms with van der Waals surface area (Å²) in [4.78, 5) is 7.55. The van der Waals surface area contributed by atoms with E-state index in [1.54, 1.807) is 0 Å². The Labute approximate surface area is 107 Å². The fourth-order valence-corrected chi connectivity index (χ4v) is 2.78. The van der Waals surface area contributed by atoms with Crippen LogP contribution in [0.1, 0.15) is 18.4 Å². The van der Waals surface area contributed by atoms with Gasteiger partial charge in [0.25, 0.3) is 0 Å². The van der Waals surface area contributed by atoms with Crippen molar-refractivity contribution in [2.45, 2.75) is 24.6 Å². The second-order valence-electron chi connectivity index (χ2n) is 3.96. The predicted molar refractivity (Wildman–Crippen MR) is 70.8 cm³/mol. The van der Waals surface area contributed by atoms with E-state index in [1.807, 2.05) is 6.20 Å². The highest BCUT2D eigenvalue weighted by Gasteiger charge is 2.19. The number of aryl methyl sites for hydroxylation is 1. The molecule has 1 aromatic rings. The zero-order chi connectivity index (χ0) is 10.8. The van der Waals surface area contributed by atoms with E-state index in [0.29, 0.717) is 4.83 Å². The second-order valence-corrected chi connectivity index (χ2v) is 6.17. The van der Waals surface area contributed by atoms with Gasteiger partial charge in [0.1, 0.15) is 5.82 Å². The summed E-state index contributed by atoms with van der Waals surface area (Å²) in [5.41, 5.74) is 1.25. The van der Waals surface area contributed by atoms with Crippen molar-refractivity contribution >= 4 is 37.7 Å². The van der Waals surface area contributed by atoms with Crippen molar-refractivity contribution in [1.29, 1.82) is 0 Å². The lowest BCUT2D eigenvalue weighted by Gasteiger charge is -2.31. The molecule has 1 fully saturated rings. The molecular formula is C11H14Br2N2. The van der Waals surface area contributed by atoms with Crippen molar-refractivity contribution in [2.75, 3.05) is 18.0 Å². The first-order valence-corrected chi connectivity index (χ1v) is 6.89. The maximum atomic E-state index is 4.49. The maximum absolute atomic E-state index is 4.49. The molecule has 2 heterocycles. The molecule has 2 nitrogen and oxygen atoms in total. The van der Waals surface area contributed by atoms with Gasteiger partial charge in [-0.3, -0.25) is 0 Å². The molecular weight excluding hydrogens is 320 g/mol. The minimum Gasteiger partial charge on any atom is -0.356 e. The summed E-state index contributed by atoms with van der Waals surface area (Å²) >= 11 is 7.11. The average molecular weight is 334 g/mol. The van der Waals surface area contributed by atoms with Gasteiger partial charge in [0.05, 0.1) is 0 Å². The summed E-state index contributed by atoms with van der Waals surface area (Å²) in [6.07, 6.45) is 4.29. The van der Waals surface area contributed by atoms with Gasteiger partial charge in [0.15, 0.2) is 0 Å². The lowest BCUT2D eigenvalue weighted by Crippen LogP contribution is -2.34. The molecule has 1 aliphatic heterocycles. The third kappa shape index (κ3) is 2.72. The molecule has 0 atom stereocenters. The van der Waals surface area contributed by atoms with Gasteiger partial charge in [-0.15, -0.1) is 0 Å². The molecule has 0 N–H and O–H groups in total. The zero-order valence-corrected chi connectivity index (χ0v) is 11.9. The number of pyridine rings is 1. The fraction of sp³-hybridized carbons (Fsp3) is 0.545. The van der Waals surface area contributed by atoms with Crippen molar-refractivity contribution in [2.24, 2.45) is 0 Å². The number of halogens is 2. The first-order valence-electron chi connectivity index (χ1n) is 5.18. The third-order valence-corrected chi connectivity index (χ3v) is 4.09.